The summed E-state index contributed by atoms with van der Waals surface area (Å²) in [6.07, 6.45) is -1.99. The van der Waals surface area contributed by atoms with Crippen molar-refractivity contribution in [3.05, 3.63) is 101 Å². The molecule has 0 aliphatic heterocycles. The first-order valence-corrected chi connectivity index (χ1v) is 10.0. The average molecular weight is 427 g/mol. The lowest BCUT2D eigenvalue weighted by atomic mass is 9.80. The van der Waals surface area contributed by atoms with Gasteiger partial charge in [-0.3, -0.25) is 4.98 Å². The van der Waals surface area contributed by atoms with Gasteiger partial charge >= 0.3 is 12.2 Å². The molecule has 2 amide bonds. The van der Waals surface area contributed by atoms with Crippen LogP contribution in [0.2, 0.25) is 0 Å². The van der Waals surface area contributed by atoms with Crippen LogP contribution in [0.3, 0.4) is 0 Å². The van der Waals surface area contributed by atoms with Gasteiger partial charge < -0.3 is 10.6 Å². The van der Waals surface area contributed by atoms with Crippen LogP contribution in [0.25, 0.3) is 0 Å². The van der Waals surface area contributed by atoms with Crippen LogP contribution in [0, 0.1) is 0 Å². The predicted octanol–water partition coefficient (Wildman–Crippen LogP) is 5.30. The molecule has 0 spiro atoms. The van der Waals surface area contributed by atoms with Gasteiger partial charge in [0.15, 0.2) is 0 Å². The summed E-state index contributed by atoms with van der Waals surface area (Å²) in [5.74, 6) is 0. The second kappa shape index (κ2) is 9.64. The lowest BCUT2D eigenvalue weighted by molar-refractivity contribution is -0.137. The summed E-state index contributed by atoms with van der Waals surface area (Å²) in [6, 6.07) is 19.1. The SMILES string of the molecule is CCCNC(=O)NC(Cc1ccccc1)(c1cccc(C(F)(F)F)c1)c1ccccn1. The number of carbonyl (C=O) groups excluding carboxylic acids is 1. The zero-order chi connectivity index (χ0) is 22.3. The normalized spacial score (nSPS) is 13.3. The molecule has 3 rings (SSSR count). The van der Waals surface area contributed by atoms with E-state index in [9.17, 15) is 18.0 Å². The third-order valence-corrected chi connectivity index (χ3v) is 4.96. The number of aromatic nitrogens is 1. The number of hydrogen-bond donors (Lipinski definition) is 2. The molecular weight excluding hydrogens is 403 g/mol. The molecule has 0 saturated heterocycles. The summed E-state index contributed by atoms with van der Waals surface area (Å²) in [7, 11) is 0. The average Bonchev–Trinajstić information content (AvgIpc) is 2.78. The second-order valence-electron chi connectivity index (χ2n) is 7.24. The van der Waals surface area contributed by atoms with Crippen molar-refractivity contribution >= 4 is 6.03 Å². The van der Waals surface area contributed by atoms with Gasteiger partial charge in [0.1, 0.15) is 5.54 Å². The molecule has 0 radical (unpaired) electrons. The van der Waals surface area contributed by atoms with Crippen molar-refractivity contribution in [2.75, 3.05) is 6.54 Å². The van der Waals surface area contributed by atoms with E-state index >= 15 is 0 Å². The van der Waals surface area contributed by atoms with Crippen LogP contribution >= 0.6 is 0 Å². The Morgan fingerprint density at radius 3 is 2.29 bits per heavy atom. The highest BCUT2D eigenvalue weighted by atomic mass is 19.4. The van der Waals surface area contributed by atoms with E-state index in [-0.39, 0.29) is 6.42 Å². The molecule has 1 unspecified atom stereocenters. The highest BCUT2D eigenvalue weighted by molar-refractivity contribution is 5.76. The molecule has 4 nitrogen and oxygen atoms in total. The highest BCUT2D eigenvalue weighted by Gasteiger charge is 2.40. The van der Waals surface area contributed by atoms with Gasteiger partial charge in [0.25, 0.3) is 0 Å². The maximum absolute atomic E-state index is 13.5. The Kier molecular flexibility index (Phi) is 6.95. The maximum atomic E-state index is 13.5. The van der Waals surface area contributed by atoms with Gasteiger partial charge in [-0.2, -0.15) is 13.2 Å². The zero-order valence-electron chi connectivity index (χ0n) is 17.1. The van der Waals surface area contributed by atoms with E-state index in [2.05, 4.69) is 15.6 Å². The van der Waals surface area contributed by atoms with Crippen molar-refractivity contribution < 1.29 is 18.0 Å². The van der Waals surface area contributed by atoms with Gasteiger partial charge in [-0.15, -0.1) is 0 Å². The number of nitrogens with one attached hydrogen (secondary N) is 2. The summed E-state index contributed by atoms with van der Waals surface area (Å²) in [5.41, 5.74) is -0.487. The van der Waals surface area contributed by atoms with Crippen molar-refractivity contribution in [2.24, 2.45) is 0 Å². The molecule has 1 atom stereocenters. The third kappa shape index (κ3) is 5.42. The Bertz CT molecular complexity index is 994. The number of urea groups is 1. The lowest BCUT2D eigenvalue weighted by Gasteiger charge is -2.35. The molecule has 162 valence electrons. The van der Waals surface area contributed by atoms with E-state index in [1.54, 1.807) is 30.5 Å². The van der Waals surface area contributed by atoms with Crippen LogP contribution in [0.4, 0.5) is 18.0 Å². The van der Waals surface area contributed by atoms with E-state index in [1.807, 2.05) is 37.3 Å². The summed E-state index contributed by atoms with van der Waals surface area (Å²) >= 11 is 0. The molecule has 0 aliphatic carbocycles. The number of hydrogen-bond acceptors (Lipinski definition) is 2. The molecule has 31 heavy (non-hydrogen) atoms. The molecular formula is C24H24F3N3O. The van der Waals surface area contributed by atoms with Gasteiger partial charge in [-0.05, 0) is 41.8 Å². The van der Waals surface area contributed by atoms with Gasteiger partial charge in [-0.1, -0.05) is 55.5 Å². The predicted molar refractivity (Wildman–Crippen MR) is 113 cm³/mol. The minimum absolute atomic E-state index is 0.228. The number of halogens is 3. The van der Waals surface area contributed by atoms with E-state index in [0.717, 1.165) is 24.1 Å². The molecule has 2 aromatic carbocycles. The van der Waals surface area contributed by atoms with Crippen LogP contribution in [0.15, 0.2) is 79.0 Å². The molecule has 2 N–H and O–H groups in total. The molecule has 1 heterocycles. The van der Waals surface area contributed by atoms with Crippen LogP contribution in [0.5, 0.6) is 0 Å². The van der Waals surface area contributed by atoms with Gasteiger partial charge in [0.05, 0.1) is 11.3 Å². The zero-order valence-corrected chi connectivity index (χ0v) is 17.1. The van der Waals surface area contributed by atoms with E-state index in [1.165, 1.54) is 6.07 Å². The molecule has 0 fully saturated rings. The summed E-state index contributed by atoms with van der Waals surface area (Å²) < 4.78 is 40.5. The fourth-order valence-electron chi connectivity index (χ4n) is 3.48. The lowest BCUT2D eigenvalue weighted by Crippen LogP contribution is -2.52. The monoisotopic (exact) mass is 427 g/mol. The number of pyridine rings is 1. The molecule has 0 aliphatic rings. The third-order valence-electron chi connectivity index (χ3n) is 4.96. The first-order chi connectivity index (χ1) is 14.8. The molecule has 7 heteroatoms. The smallest absolute Gasteiger partial charge is 0.338 e. The first-order valence-electron chi connectivity index (χ1n) is 10.0. The number of alkyl halides is 3. The first kappa shape index (κ1) is 22.3. The number of carbonyl (C=O) groups is 1. The van der Waals surface area contributed by atoms with Gasteiger partial charge in [0, 0.05) is 19.2 Å². The van der Waals surface area contributed by atoms with Crippen LogP contribution in [-0.4, -0.2) is 17.6 Å². The Morgan fingerprint density at radius 1 is 0.935 bits per heavy atom. The topological polar surface area (TPSA) is 54.0 Å². The van der Waals surface area contributed by atoms with Gasteiger partial charge in [-0.25, -0.2) is 4.79 Å². The van der Waals surface area contributed by atoms with Crippen molar-refractivity contribution in [1.82, 2.24) is 15.6 Å². The van der Waals surface area contributed by atoms with Crippen LogP contribution in [-0.2, 0) is 18.1 Å². The van der Waals surface area contributed by atoms with Crippen molar-refractivity contribution in [1.29, 1.82) is 0 Å². The largest absolute Gasteiger partial charge is 0.416 e. The second-order valence-corrected chi connectivity index (χ2v) is 7.24. The quantitative estimate of drug-likeness (QED) is 0.538. The summed E-state index contributed by atoms with van der Waals surface area (Å²) in [6.45, 7) is 2.36. The van der Waals surface area contributed by atoms with Crippen molar-refractivity contribution in [2.45, 2.75) is 31.5 Å². The molecule has 0 saturated carbocycles. The highest BCUT2D eigenvalue weighted by Crippen LogP contribution is 2.36. The minimum atomic E-state index is -4.51. The standard InChI is InChI=1S/C24H24F3N3O/c1-2-14-29-22(31)30-23(21-13-6-7-15-28-21,17-18-9-4-3-5-10-18)19-11-8-12-20(16-19)24(25,26)27/h3-13,15-16H,2,14,17H2,1H3,(H2,29,30,31). The van der Waals surface area contributed by atoms with Crippen molar-refractivity contribution in [3.8, 4) is 0 Å². The van der Waals surface area contributed by atoms with Crippen LogP contribution in [0.1, 0.15) is 35.7 Å². The van der Waals surface area contributed by atoms with Crippen LogP contribution < -0.4 is 10.6 Å². The number of amides is 2. The fraction of sp³-hybridized carbons (Fsp3) is 0.250. The number of benzene rings is 2. The maximum Gasteiger partial charge on any atom is 0.416 e. The van der Waals surface area contributed by atoms with E-state index in [0.29, 0.717) is 17.8 Å². The summed E-state index contributed by atoms with van der Waals surface area (Å²) in [5, 5.41) is 5.70. The number of rotatable bonds is 7. The minimum Gasteiger partial charge on any atom is -0.338 e. The van der Waals surface area contributed by atoms with E-state index in [4.69, 9.17) is 0 Å². The Balaban J connectivity index is 2.20. The Labute approximate surface area is 179 Å². The number of nitrogens with zero attached hydrogens (tertiary/aromatic N) is 1. The Morgan fingerprint density at radius 2 is 1.65 bits per heavy atom. The molecule has 1 aromatic heterocycles. The molecule has 3 aromatic rings. The van der Waals surface area contributed by atoms with Gasteiger partial charge in [0.2, 0.25) is 0 Å². The van der Waals surface area contributed by atoms with Crippen molar-refractivity contribution in [3.63, 3.8) is 0 Å². The Hall–Kier alpha value is -3.35. The fourth-order valence-corrected chi connectivity index (χ4v) is 3.48. The van der Waals surface area contributed by atoms with E-state index < -0.39 is 23.3 Å². The molecule has 0 bridgehead atoms. The summed E-state index contributed by atoms with van der Waals surface area (Å²) in [4.78, 5) is 17.2.